The standard InChI is InChI=1S/C16H19O3PS/c1-11-7-5-8-12(2)15(11)19-20(17,18)21-16-13(3)9-6-10-14(16)4/h5-10H,1-4H3,(H,17,18). The van der Waals surface area contributed by atoms with Gasteiger partial charge in [0, 0.05) is 16.3 Å². The van der Waals surface area contributed by atoms with E-state index in [1.165, 1.54) is 0 Å². The highest BCUT2D eigenvalue weighted by Crippen LogP contribution is 2.60. The Morgan fingerprint density at radius 2 is 1.33 bits per heavy atom. The molecule has 0 aliphatic carbocycles. The molecule has 0 saturated heterocycles. The van der Waals surface area contributed by atoms with Gasteiger partial charge in [0.2, 0.25) is 0 Å². The zero-order chi connectivity index (χ0) is 15.6. The lowest BCUT2D eigenvalue weighted by atomic mass is 10.1. The second-order valence-corrected chi connectivity index (χ2v) is 8.74. The van der Waals surface area contributed by atoms with Crippen molar-refractivity contribution in [3.05, 3.63) is 58.7 Å². The molecule has 112 valence electrons. The van der Waals surface area contributed by atoms with Crippen molar-refractivity contribution in [2.75, 3.05) is 0 Å². The van der Waals surface area contributed by atoms with E-state index >= 15 is 0 Å². The summed E-state index contributed by atoms with van der Waals surface area (Å²) in [5, 5.41) is 0. The molecule has 1 unspecified atom stereocenters. The second kappa shape index (κ2) is 6.27. The highest BCUT2D eigenvalue weighted by atomic mass is 32.7. The first-order valence-electron chi connectivity index (χ1n) is 6.64. The minimum absolute atomic E-state index is 0.488. The van der Waals surface area contributed by atoms with E-state index in [0.29, 0.717) is 5.75 Å². The fraction of sp³-hybridized carbons (Fsp3) is 0.250. The van der Waals surface area contributed by atoms with Crippen LogP contribution in [0.5, 0.6) is 5.75 Å². The van der Waals surface area contributed by atoms with Gasteiger partial charge in [-0.05, 0) is 49.9 Å². The van der Waals surface area contributed by atoms with Crippen LogP contribution in [0.15, 0.2) is 41.3 Å². The second-order valence-electron chi connectivity index (χ2n) is 5.09. The lowest BCUT2D eigenvalue weighted by Crippen LogP contribution is -1.95. The molecule has 0 aliphatic heterocycles. The van der Waals surface area contributed by atoms with E-state index in [-0.39, 0.29) is 0 Å². The summed E-state index contributed by atoms with van der Waals surface area (Å²) in [5.41, 5.74) is 3.65. The van der Waals surface area contributed by atoms with Crippen molar-refractivity contribution >= 4 is 18.2 Å². The first-order chi connectivity index (χ1) is 9.80. The highest BCUT2D eigenvalue weighted by Gasteiger charge is 2.26. The minimum Gasteiger partial charge on any atom is -0.416 e. The Labute approximate surface area is 129 Å². The van der Waals surface area contributed by atoms with Gasteiger partial charge in [-0.2, -0.15) is 0 Å². The number of rotatable bonds is 4. The summed E-state index contributed by atoms with van der Waals surface area (Å²) in [7, 11) is 0. The van der Waals surface area contributed by atoms with E-state index in [9.17, 15) is 9.46 Å². The Morgan fingerprint density at radius 3 is 1.81 bits per heavy atom. The molecule has 1 N–H and O–H groups in total. The maximum absolute atomic E-state index is 12.5. The van der Waals surface area contributed by atoms with E-state index in [2.05, 4.69) is 0 Å². The summed E-state index contributed by atoms with van der Waals surface area (Å²) in [6.45, 7) is 3.76. The third-order valence-corrected chi connectivity index (χ3v) is 6.16. The summed E-state index contributed by atoms with van der Waals surface area (Å²) in [4.78, 5) is 11.0. The largest absolute Gasteiger partial charge is 0.442 e. The van der Waals surface area contributed by atoms with Gasteiger partial charge in [0.25, 0.3) is 0 Å². The summed E-state index contributed by atoms with van der Waals surface area (Å²) in [5.74, 6) is 0.488. The molecule has 2 rings (SSSR count). The van der Waals surface area contributed by atoms with Crippen molar-refractivity contribution in [2.45, 2.75) is 32.6 Å². The van der Waals surface area contributed by atoms with Crippen LogP contribution >= 0.6 is 18.2 Å². The molecule has 0 radical (unpaired) electrons. The van der Waals surface area contributed by atoms with Gasteiger partial charge in [-0.3, -0.25) is 0 Å². The van der Waals surface area contributed by atoms with Crippen LogP contribution < -0.4 is 4.52 Å². The highest BCUT2D eigenvalue weighted by molar-refractivity contribution is 8.55. The molecule has 3 nitrogen and oxygen atoms in total. The van der Waals surface area contributed by atoms with Gasteiger partial charge < -0.3 is 9.42 Å². The molecule has 0 fully saturated rings. The van der Waals surface area contributed by atoms with Crippen molar-refractivity contribution < 1.29 is 14.0 Å². The topological polar surface area (TPSA) is 46.5 Å². The Balaban J connectivity index is 2.29. The SMILES string of the molecule is Cc1cccc(C)c1OP(=O)(O)Sc1c(C)cccc1C. The molecule has 2 aromatic carbocycles. The maximum atomic E-state index is 12.5. The van der Waals surface area contributed by atoms with E-state index in [0.717, 1.165) is 38.5 Å². The van der Waals surface area contributed by atoms with Gasteiger partial charge in [-0.1, -0.05) is 36.4 Å². The van der Waals surface area contributed by atoms with Crippen LogP contribution in [-0.2, 0) is 4.57 Å². The number of hydrogen-bond acceptors (Lipinski definition) is 3. The summed E-state index contributed by atoms with van der Waals surface area (Å²) in [6.07, 6.45) is 0. The van der Waals surface area contributed by atoms with Gasteiger partial charge >= 0.3 is 6.80 Å². The van der Waals surface area contributed by atoms with Crippen LogP contribution in [0.3, 0.4) is 0 Å². The van der Waals surface area contributed by atoms with Gasteiger partial charge in [0.15, 0.2) is 0 Å². The van der Waals surface area contributed by atoms with Crippen LogP contribution in [0.2, 0.25) is 0 Å². The smallest absolute Gasteiger partial charge is 0.416 e. The van der Waals surface area contributed by atoms with E-state index in [4.69, 9.17) is 4.52 Å². The molecule has 1 atom stereocenters. The number of hydrogen-bond donors (Lipinski definition) is 1. The van der Waals surface area contributed by atoms with Crippen molar-refractivity contribution in [1.82, 2.24) is 0 Å². The lowest BCUT2D eigenvalue weighted by molar-refractivity contribution is 0.400. The van der Waals surface area contributed by atoms with Crippen LogP contribution in [0.25, 0.3) is 0 Å². The number of benzene rings is 2. The van der Waals surface area contributed by atoms with E-state index in [1.54, 1.807) is 0 Å². The van der Waals surface area contributed by atoms with Crippen molar-refractivity contribution in [3.8, 4) is 5.75 Å². The van der Waals surface area contributed by atoms with Gasteiger partial charge in [-0.25, -0.2) is 4.57 Å². The zero-order valence-corrected chi connectivity index (χ0v) is 14.3. The molecular formula is C16H19O3PS. The van der Waals surface area contributed by atoms with Gasteiger partial charge in [0.1, 0.15) is 5.75 Å². The summed E-state index contributed by atoms with van der Waals surface area (Å²) >= 11 is 0.900. The predicted molar refractivity (Wildman–Crippen MR) is 88.1 cm³/mol. The summed E-state index contributed by atoms with van der Waals surface area (Å²) < 4.78 is 17.9. The Bertz CT molecular complexity index is 615. The fourth-order valence-electron chi connectivity index (χ4n) is 2.14. The molecular weight excluding hydrogens is 303 g/mol. The van der Waals surface area contributed by atoms with E-state index in [1.807, 2.05) is 64.1 Å². The van der Waals surface area contributed by atoms with Crippen LogP contribution in [0.4, 0.5) is 0 Å². The third kappa shape index (κ3) is 3.91. The van der Waals surface area contributed by atoms with Gasteiger partial charge in [0.05, 0.1) is 0 Å². The number of para-hydroxylation sites is 1. The molecule has 0 spiro atoms. The van der Waals surface area contributed by atoms with Crippen LogP contribution in [0, 0.1) is 27.7 Å². The Morgan fingerprint density at radius 1 is 0.905 bits per heavy atom. The average Bonchev–Trinajstić information content (AvgIpc) is 2.39. The zero-order valence-electron chi connectivity index (χ0n) is 12.6. The Kier molecular flexibility index (Phi) is 4.82. The molecule has 0 amide bonds. The molecule has 0 heterocycles. The molecule has 5 heteroatoms. The van der Waals surface area contributed by atoms with E-state index < -0.39 is 6.80 Å². The molecule has 0 aliphatic rings. The predicted octanol–water partition coefficient (Wildman–Crippen LogP) is 5.19. The Hall–Kier alpha value is -1.22. The molecule has 0 saturated carbocycles. The van der Waals surface area contributed by atoms with Gasteiger partial charge in [-0.15, -0.1) is 0 Å². The minimum atomic E-state index is -3.83. The average molecular weight is 322 g/mol. The van der Waals surface area contributed by atoms with Crippen molar-refractivity contribution in [1.29, 1.82) is 0 Å². The van der Waals surface area contributed by atoms with Crippen molar-refractivity contribution in [3.63, 3.8) is 0 Å². The molecule has 21 heavy (non-hydrogen) atoms. The van der Waals surface area contributed by atoms with Crippen molar-refractivity contribution in [2.24, 2.45) is 0 Å². The summed E-state index contributed by atoms with van der Waals surface area (Å²) in [6, 6.07) is 11.4. The first kappa shape index (κ1) is 16.2. The molecule has 0 aromatic heterocycles. The molecule has 2 aromatic rings. The normalized spacial score (nSPS) is 13.8. The maximum Gasteiger partial charge on any atom is 0.442 e. The third-order valence-electron chi connectivity index (χ3n) is 3.23. The lowest BCUT2D eigenvalue weighted by Gasteiger charge is -2.17. The first-order valence-corrected chi connectivity index (χ1v) is 9.64. The fourth-order valence-corrected chi connectivity index (χ4v) is 5.24. The monoisotopic (exact) mass is 322 g/mol. The van der Waals surface area contributed by atoms with Crippen LogP contribution in [0.1, 0.15) is 22.3 Å². The quantitative estimate of drug-likeness (QED) is 0.787. The van der Waals surface area contributed by atoms with Crippen LogP contribution in [-0.4, -0.2) is 4.89 Å². The number of aryl methyl sites for hydroxylation is 4. The molecule has 0 bridgehead atoms.